The summed E-state index contributed by atoms with van der Waals surface area (Å²) in [7, 11) is 0. The number of H-pyrrole nitrogens is 1. The van der Waals surface area contributed by atoms with Crippen molar-refractivity contribution in [1.82, 2.24) is 15.1 Å². The van der Waals surface area contributed by atoms with Crippen LogP contribution in [0.15, 0.2) is 25.0 Å². The van der Waals surface area contributed by atoms with Crippen molar-refractivity contribution in [3.63, 3.8) is 0 Å². The van der Waals surface area contributed by atoms with Gasteiger partial charge in [0.05, 0.1) is 11.9 Å². The molecule has 86 valence electrons. The lowest BCUT2D eigenvalue weighted by molar-refractivity contribution is -0.137. The van der Waals surface area contributed by atoms with E-state index in [1.54, 1.807) is 0 Å². The van der Waals surface area contributed by atoms with Crippen LogP contribution >= 0.6 is 0 Å². The van der Waals surface area contributed by atoms with E-state index in [4.69, 9.17) is 5.11 Å². The van der Waals surface area contributed by atoms with Crippen LogP contribution in [0.1, 0.15) is 0 Å². The highest BCUT2D eigenvalue weighted by atomic mass is 16.4. The molecule has 1 rings (SSSR count). The molecular formula is C9H12N4O3. The monoisotopic (exact) mass is 224 g/mol. The average molecular weight is 224 g/mol. The number of nitrogens with zero attached hydrogens (tertiary/aromatic N) is 2. The maximum absolute atomic E-state index is 11.6. The minimum absolute atomic E-state index is 0.163. The van der Waals surface area contributed by atoms with Gasteiger partial charge in [-0.25, -0.2) is 4.79 Å². The molecule has 7 nitrogen and oxygen atoms in total. The SMILES string of the molecule is C=CCN(CC(=O)O)C(=O)Nc1cn[nH]c1. The Morgan fingerprint density at radius 3 is 2.94 bits per heavy atom. The minimum Gasteiger partial charge on any atom is -0.480 e. The number of rotatable bonds is 5. The van der Waals surface area contributed by atoms with Gasteiger partial charge in [0, 0.05) is 12.7 Å². The molecule has 0 spiro atoms. The number of aromatic amines is 1. The second kappa shape index (κ2) is 5.54. The molecule has 1 aromatic rings. The van der Waals surface area contributed by atoms with Gasteiger partial charge in [0.15, 0.2) is 0 Å². The van der Waals surface area contributed by atoms with E-state index < -0.39 is 12.0 Å². The van der Waals surface area contributed by atoms with Crippen LogP contribution in [0, 0.1) is 0 Å². The molecule has 7 heteroatoms. The lowest BCUT2D eigenvalue weighted by atomic mass is 10.4. The number of urea groups is 1. The molecule has 1 aromatic heterocycles. The molecule has 2 amide bonds. The molecular weight excluding hydrogens is 212 g/mol. The molecule has 16 heavy (non-hydrogen) atoms. The summed E-state index contributed by atoms with van der Waals surface area (Å²) in [5.74, 6) is -1.08. The summed E-state index contributed by atoms with van der Waals surface area (Å²) in [6.45, 7) is 3.24. The molecule has 3 N–H and O–H groups in total. The molecule has 0 fully saturated rings. The first-order chi connectivity index (χ1) is 7.63. The first kappa shape index (κ1) is 11.8. The number of amides is 2. The second-order valence-electron chi connectivity index (χ2n) is 2.98. The number of anilines is 1. The van der Waals surface area contributed by atoms with Crippen LogP contribution in [-0.4, -0.2) is 45.3 Å². The standard InChI is InChI=1S/C9H12N4O3/c1-2-3-13(6-8(14)15)9(16)12-7-4-10-11-5-7/h2,4-5H,1,3,6H2,(H,10,11)(H,12,16)(H,14,15). The Hall–Kier alpha value is -2.31. The summed E-state index contributed by atoms with van der Waals surface area (Å²) in [5, 5.41) is 17.3. The number of hydrogen-bond donors (Lipinski definition) is 3. The Morgan fingerprint density at radius 1 is 1.69 bits per heavy atom. The number of aromatic nitrogens is 2. The predicted octanol–water partition coefficient (Wildman–Crippen LogP) is 0.514. The number of nitrogens with one attached hydrogen (secondary N) is 2. The van der Waals surface area contributed by atoms with E-state index in [1.807, 2.05) is 0 Å². The summed E-state index contributed by atoms with van der Waals surface area (Å²) >= 11 is 0. The van der Waals surface area contributed by atoms with Crippen LogP contribution in [0.3, 0.4) is 0 Å². The Bertz CT molecular complexity index is 374. The van der Waals surface area contributed by atoms with Crippen molar-refractivity contribution in [2.75, 3.05) is 18.4 Å². The quantitative estimate of drug-likeness (QED) is 0.635. The molecule has 0 aliphatic heterocycles. The summed E-state index contributed by atoms with van der Waals surface area (Å²) in [6.07, 6.45) is 4.37. The van der Waals surface area contributed by atoms with Gasteiger partial charge in [-0.3, -0.25) is 9.89 Å². The maximum Gasteiger partial charge on any atom is 0.323 e. The van der Waals surface area contributed by atoms with E-state index in [-0.39, 0.29) is 13.1 Å². The van der Waals surface area contributed by atoms with Crippen LogP contribution in [-0.2, 0) is 4.79 Å². The van der Waals surface area contributed by atoms with Crippen molar-refractivity contribution >= 4 is 17.7 Å². The first-order valence-corrected chi connectivity index (χ1v) is 4.51. The average Bonchev–Trinajstić information content (AvgIpc) is 2.69. The summed E-state index contributed by atoms with van der Waals surface area (Å²) in [6, 6.07) is -0.510. The number of carbonyl (C=O) groups is 2. The number of carboxylic acids is 1. The largest absolute Gasteiger partial charge is 0.480 e. The minimum atomic E-state index is -1.08. The molecule has 0 aromatic carbocycles. The van der Waals surface area contributed by atoms with Crippen molar-refractivity contribution < 1.29 is 14.7 Å². The third kappa shape index (κ3) is 3.45. The molecule has 0 bridgehead atoms. The van der Waals surface area contributed by atoms with E-state index in [0.29, 0.717) is 5.69 Å². The lowest BCUT2D eigenvalue weighted by Gasteiger charge is -2.18. The molecule has 0 radical (unpaired) electrons. The van der Waals surface area contributed by atoms with Crippen LogP contribution in [0.4, 0.5) is 10.5 Å². The molecule has 0 saturated carbocycles. The third-order valence-electron chi connectivity index (χ3n) is 1.71. The van der Waals surface area contributed by atoms with Gasteiger partial charge in [-0.15, -0.1) is 6.58 Å². The Labute approximate surface area is 91.8 Å². The van der Waals surface area contributed by atoms with Crippen molar-refractivity contribution in [1.29, 1.82) is 0 Å². The zero-order valence-corrected chi connectivity index (χ0v) is 8.51. The second-order valence-corrected chi connectivity index (χ2v) is 2.98. The molecule has 1 heterocycles. The number of carboxylic acid groups (broad SMARTS) is 1. The Kier molecular flexibility index (Phi) is 4.07. The smallest absolute Gasteiger partial charge is 0.323 e. The van der Waals surface area contributed by atoms with E-state index in [0.717, 1.165) is 4.90 Å². The number of aliphatic carboxylic acids is 1. The van der Waals surface area contributed by atoms with Crippen molar-refractivity contribution in [3.05, 3.63) is 25.0 Å². The Balaban J connectivity index is 2.59. The molecule has 0 unspecified atom stereocenters. The fourth-order valence-corrected chi connectivity index (χ4v) is 1.06. The first-order valence-electron chi connectivity index (χ1n) is 4.51. The molecule has 0 aliphatic carbocycles. The zero-order chi connectivity index (χ0) is 12.0. The lowest BCUT2D eigenvalue weighted by Crippen LogP contribution is -2.38. The highest BCUT2D eigenvalue weighted by Crippen LogP contribution is 2.03. The summed E-state index contributed by atoms with van der Waals surface area (Å²) < 4.78 is 0. The van der Waals surface area contributed by atoms with E-state index in [2.05, 4.69) is 22.1 Å². The van der Waals surface area contributed by atoms with Crippen LogP contribution in [0.2, 0.25) is 0 Å². The van der Waals surface area contributed by atoms with E-state index in [1.165, 1.54) is 18.5 Å². The fourth-order valence-electron chi connectivity index (χ4n) is 1.06. The van der Waals surface area contributed by atoms with E-state index >= 15 is 0 Å². The van der Waals surface area contributed by atoms with Gasteiger partial charge >= 0.3 is 12.0 Å². The van der Waals surface area contributed by atoms with Crippen LogP contribution in [0.25, 0.3) is 0 Å². The van der Waals surface area contributed by atoms with Gasteiger partial charge in [0.1, 0.15) is 6.54 Å². The topological polar surface area (TPSA) is 98.3 Å². The van der Waals surface area contributed by atoms with Gasteiger partial charge in [-0.05, 0) is 0 Å². The van der Waals surface area contributed by atoms with Gasteiger partial charge in [0.2, 0.25) is 0 Å². The zero-order valence-electron chi connectivity index (χ0n) is 8.51. The van der Waals surface area contributed by atoms with Crippen LogP contribution < -0.4 is 5.32 Å². The van der Waals surface area contributed by atoms with Gasteiger partial charge in [0.25, 0.3) is 0 Å². The van der Waals surface area contributed by atoms with E-state index in [9.17, 15) is 9.59 Å². The maximum atomic E-state index is 11.6. The fraction of sp³-hybridized carbons (Fsp3) is 0.222. The summed E-state index contributed by atoms with van der Waals surface area (Å²) in [5.41, 5.74) is 0.476. The van der Waals surface area contributed by atoms with Gasteiger partial charge in [-0.1, -0.05) is 6.08 Å². The third-order valence-corrected chi connectivity index (χ3v) is 1.71. The van der Waals surface area contributed by atoms with Gasteiger partial charge < -0.3 is 15.3 Å². The highest BCUT2D eigenvalue weighted by Gasteiger charge is 2.15. The van der Waals surface area contributed by atoms with Crippen molar-refractivity contribution in [2.45, 2.75) is 0 Å². The Morgan fingerprint density at radius 2 is 2.44 bits per heavy atom. The highest BCUT2D eigenvalue weighted by molar-refractivity contribution is 5.91. The number of hydrogen-bond acceptors (Lipinski definition) is 3. The van der Waals surface area contributed by atoms with Crippen LogP contribution in [0.5, 0.6) is 0 Å². The normalized spacial score (nSPS) is 9.50. The molecule has 0 atom stereocenters. The van der Waals surface area contributed by atoms with Crippen molar-refractivity contribution in [3.8, 4) is 0 Å². The molecule has 0 aliphatic rings. The molecule has 0 saturated heterocycles. The summed E-state index contributed by atoms with van der Waals surface area (Å²) in [4.78, 5) is 23.2. The number of carbonyl (C=O) groups excluding carboxylic acids is 1. The van der Waals surface area contributed by atoms with Gasteiger partial charge in [-0.2, -0.15) is 5.10 Å². The van der Waals surface area contributed by atoms with Crippen molar-refractivity contribution in [2.24, 2.45) is 0 Å². The predicted molar refractivity (Wildman–Crippen MR) is 57.0 cm³/mol.